The van der Waals surface area contributed by atoms with Gasteiger partial charge >= 0.3 is 0 Å². The van der Waals surface area contributed by atoms with Crippen molar-refractivity contribution in [3.8, 4) is 0 Å². The topological polar surface area (TPSA) is 17.1 Å². The Kier molecular flexibility index (Phi) is 3.52. The summed E-state index contributed by atoms with van der Waals surface area (Å²) in [4.78, 5) is 11.8. The molecule has 0 unspecified atom stereocenters. The molecule has 104 valence electrons. The molecule has 0 aliphatic heterocycles. The minimum atomic E-state index is -1.80. The Balaban J connectivity index is 2.55. The maximum atomic E-state index is 13.4. The monoisotopic (exact) mass is 290 g/mol. The van der Waals surface area contributed by atoms with Crippen molar-refractivity contribution in [3.05, 3.63) is 70.3 Å². The van der Waals surface area contributed by atoms with Gasteiger partial charge in [0.1, 0.15) is 5.82 Å². The maximum Gasteiger partial charge on any atom is 0.196 e. The summed E-state index contributed by atoms with van der Waals surface area (Å²) in [5.74, 6) is -10.8. The van der Waals surface area contributed by atoms with Crippen LogP contribution in [0.15, 0.2) is 24.3 Å². The van der Waals surface area contributed by atoms with Crippen LogP contribution in [0.3, 0.4) is 0 Å². The summed E-state index contributed by atoms with van der Waals surface area (Å²) in [5, 5.41) is 0. The Morgan fingerprint density at radius 3 is 1.70 bits per heavy atom. The number of benzene rings is 2. The Bertz CT molecular complexity index is 687. The number of hydrogen-bond acceptors (Lipinski definition) is 1. The average Bonchev–Trinajstić information content (AvgIpc) is 2.38. The van der Waals surface area contributed by atoms with E-state index in [1.54, 1.807) is 0 Å². The summed E-state index contributed by atoms with van der Waals surface area (Å²) in [6, 6.07) is 1.05. The molecule has 0 N–H and O–H groups in total. The molecular weight excluding hydrogens is 286 g/mol. The van der Waals surface area contributed by atoms with Crippen molar-refractivity contribution >= 4 is 5.78 Å². The molecule has 0 spiro atoms. The first-order valence-electron chi connectivity index (χ1n) is 5.15. The SMILES string of the molecule is O=C(c1cc(F)c(F)c(F)c1)c1cc(F)c(F)cc1F. The molecular formula is C13H4F6O. The summed E-state index contributed by atoms with van der Waals surface area (Å²) >= 11 is 0. The molecule has 0 aliphatic rings. The van der Waals surface area contributed by atoms with Crippen molar-refractivity contribution in [1.29, 1.82) is 0 Å². The molecule has 0 radical (unpaired) electrons. The zero-order valence-electron chi connectivity index (χ0n) is 9.49. The van der Waals surface area contributed by atoms with Crippen LogP contribution in [0.4, 0.5) is 26.3 Å². The van der Waals surface area contributed by atoms with Crippen LogP contribution in [0, 0.1) is 34.9 Å². The first-order valence-corrected chi connectivity index (χ1v) is 5.15. The van der Waals surface area contributed by atoms with E-state index in [9.17, 15) is 31.1 Å². The van der Waals surface area contributed by atoms with E-state index in [-0.39, 0.29) is 12.1 Å². The van der Waals surface area contributed by atoms with E-state index in [0.29, 0.717) is 12.1 Å². The van der Waals surface area contributed by atoms with Crippen molar-refractivity contribution in [1.82, 2.24) is 0 Å². The molecule has 0 atom stereocenters. The van der Waals surface area contributed by atoms with Gasteiger partial charge in [-0.25, -0.2) is 26.3 Å². The molecule has 0 saturated carbocycles. The van der Waals surface area contributed by atoms with E-state index in [4.69, 9.17) is 0 Å². The van der Waals surface area contributed by atoms with E-state index in [0.717, 1.165) is 0 Å². The molecule has 2 aromatic rings. The van der Waals surface area contributed by atoms with Crippen molar-refractivity contribution in [2.45, 2.75) is 0 Å². The second-order valence-electron chi connectivity index (χ2n) is 3.83. The van der Waals surface area contributed by atoms with E-state index >= 15 is 0 Å². The number of hydrogen-bond donors (Lipinski definition) is 0. The lowest BCUT2D eigenvalue weighted by atomic mass is 10.0. The van der Waals surface area contributed by atoms with Gasteiger partial charge in [-0.2, -0.15) is 0 Å². The highest BCUT2D eigenvalue weighted by molar-refractivity contribution is 6.09. The molecule has 0 saturated heterocycles. The lowest BCUT2D eigenvalue weighted by molar-refractivity contribution is 0.103. The lowest BCUT2D eigenvalue weighted by Gasteiger charge is -2.05. The van der Waals surface area contributed by atoms with Crippen molar-refractivity contribution < 1.29 is 31.1 Å². The van der Waals surface area contributed by atoms with Crippen LogP contribution < -0.4 is 0 Å². The van der Waals surface area contributed by atoms with Crippen LogP contribution in [0.2, 0.25) is 0 Å². The molecule has 20 heavy (non-hydrogen) atoms. The van der Waals surface area contributed by atoms with Gasteiger partial charge in [-0.3, -0.25) is 4.79 Å². The Labute approximate surface area is 108 Å². The van der Waals surface area contributed by atoms with Gasteiger partial charge in [0.25, 0.3) is 0 Å². The van der Waals surface area contributed by atoms with Gasteiger partial charge < -0.3 is 0 Å². The fourth-order valence-electron chi connectivity index (χ4n) is 1.54. The molecule has 0 amide bonds. The standard InChI is InChI=1S/C13H4F6O/c14-7-4-9(16)8(15)3-6(7)13(20)5-1-10(17)12(19)11(18)2-5/h1-4H. The zero-order chi connectivity index (χ0) is 15.0. The summed E-state index contributed by atoms with van der Waals surface area (Å²) in [7, 11) is 0. The van der Waals surface area contributed by atoms with Crippen LogP contribution >= 0.6 is 0 Å². The minimum Gasteiger partial charge on any atom is -0.288 e. The largest absolute Gasteiger partial charge is 0.288 e. The van der Waals surface area contributed by atoms with Gasteiger partial charge in [-0.1, -0.05) is 0 Å². The first kappa shape index (κ1) is 14.1. The highest BCUT2D eigenvalue weighted by atomic mass is 19.2. The van der Waals surface area contributed by atoms with Gasteiger partial charge in [-0.05, 0) is 18.2 Å². The molecule has 0 bridgehead atoms. The van der Waals surface area contributed by atoms with Gasteiger partial charge in [0, 0.05) is 11.6 Å². The van der Waals surface area contributed by atoms with Crippen LogP contribution in [0.5, 0.6) is 0 Å². The van der Waals surface area contributed by atoms with Crippen molar-refractivity contribution in [2.75, 3.05) is 0 Å². The molecule has 0 aliphatic carbocycles. The van der Waals surface area contributed by atoms with Gasteiger partial charge in [-0.15, -0.1) is 0 Å². The smallest absolute Gasteiger partial charge is 0.196 e. The highest BCUT2D eigenvalue weighted by Crippen LogP contribution is 2.20. The maximum absolute atomic E-state index is 13.4. The van der Waals surface area contributed by atoms with Crippen molar-refractivity contribution in [2.24, 2.45) is 0 Å². The van der Waals surface area contributed by atoms with E-state index < -0.39 is 51.8 Å². The van der Waals surface area contributed by atoms with Crippen LogP contribution in [0.25, 0.3) is 0 Å². The third-order valence-corrected chi connectivity index (χ3v) is 2.50. The molecule has 0 heterocycles. The van der Waals surface area contributed by atoms with E-state index in [2.05, 4.69) is 0 Å². The number of carbonyl (C=O) groups excluding carboxylic acids is 1. The van der Waals surface area contributed by atoms with Crippen LogP contribution in [-0.2, 0) is 0 Å². The van der Waals surface area contributed by atoms with Gasteiger partial charge in [0.05, 0.1) is 5.56 Å². The molecule has 1 nitrogen and oxygen atoms in total. The fourth-order valence-corrected chi connectivity index (χ4v) is 1.54. The quantitative estimate of drug-likeness (QED) is 0.356. The summed E-state index contributed by atoms with van der Waals surface area (Å²) in [6.07, 6.45) is 0. The zero-order valence-corrected chi connectivity index (χ0v) is 9.49. The first-order chi connectivity index (χ1) is 9.31. The Hall–Kier alpha value is -2.31. The highest BCUT2D eigenvalue weighted by Gasteiger charge is 2.21. The second kappa shape index (κ2) is 4.99. The van der Waals surface area contributed by atoms with Crippen LogP contribution in [-0.4, -0.2) is 5.78 Å². The second-order valence-corrected chi connectivity index (χ2v) is 3.83. The summed E-state index contributed by atoms with van der Waals surface area (Å²) in [5.41, 5.74) is -1.65. The third-order valence-electron chi connectivity index (χ3n) is 2.50. The average molecular weight is 290 g/mol. The number of carbonyl (C=O) groups is 1. The minimum absolute atomic E-state index is 0.124. The number of ketones is 1. The van der Waals surface area contributed by atoms with Gasteiger partial charge in [0.15, 0.2) is 34.9 Å². The number of halogens is 6. The summed E-state index contributed by atoms with van der Waals surface area (Å²) in [6.45, 7) is 0. The normalized spacial score (nSPS) is 10.7. The molecule has 0 fully saturated rings. The molecule has 2 rings (SSSR count). The van der Waals surface area contributed by atoms with Gasteiger partial charge in [0.2, 0.25) is 0 Å². The summed E-state index contributed by atoms with van der Waals surface area (Å²) < 4.78 is 77.7. The predicted molar refractivity (Wildman–Crippen MR) is 56.1 cm³/mol. The Morgan fingerprint density at radius 1 is 0.650 bits per heavy atom. The lowest BCUT2D eigenvalue weighted by Crippen LogP contribution is -2.08. The molecule has 0 aromatic heterocycles. The third kappa shape index (κ3) is 2.38. The molecule has 7 heteroatoms. The predicted octanol–water partition coefficient (Wildman–Crippen LogP) is 3.75. The van der Waals surface area contributed by atoms with E-state index in [1.807, 2.05) is 0 Å². The fraction of sp³-hybridized carbons (Fsp3) is 0. The Morgan fingerprint density at radius 2 is 1.15 bits per heavy atom. The number of rotatable bonds is 2. The van der Waals surface area contributed by atoms with E-state index in [1.165, 1.54) is 0 Å². The molecule has 2 aromatic carbocycles. The van der Waals surface area contributed by atoms with Crippen molar-refractivity contribution in [3.63, 3.8) is 0 Å². The van der Waals surface area contributed by atoms with Crippen LogP contribution in [0.1, 0.15) is 15.9 Å².